The Balaban J connectivity index is 1.32. The first-order valence-corrected chi connectivity index (χ1v) is 12.8. The van der Waals surface area contributed by atoms with Crippen molar-refractivity contribution < 1.29 is 28.4 Å². The second-order valence-corrected chi connectivity index (χ2v) is 10.9. The molecule has 4 aromatic rings. The minimum Gasteiger partial charge on any atom is -0.497 e. The Morgan fingerprint density at radius 1 is 0.895 bits per heavy atom. The van der Waals surface area contributed by atoms with Gasteiger partial charge in [0.1, 0.15) is 46.9 Å². The zero-order valence-corrected chi connectivity index (χ0v) is 22.0. The summed E-state index contributed by atoms with van der Waals surface area (Å²) in [5.41, 5.74) is 4.06. The molecule has 5 atom stereocenters. The first-order valence-electron chi connectivity index (χ1n) is 12.8. The summed E-state index contributed by atoms with van der Waals surface area (Å²) in [6.45, 7) is 7.95. The lowest BCUT2D eigenvalue weighted by Crippen LogP contribution is -2.56. The number of methoxy groups -OCH3 is 1. The minimum atomic E-state index is -0.779. The molecule has 7 rings (SSSR count). The number of hydrogen-bond acceptors (Lipinski definition) is 9. The van der Waals surface area contributed by atoms with Crippen molar-refractivity contribution in [1.82, 2.24) is 20.0 Å². The molecular formula is C28H30N4O6. The van der Waals surface area contributed by atoms with E-state index >= 15 is 0 Å². The van der Waals surface area contributed by atoms with Crippen LogP contribution in [0.2, 0.25) is 0 Å². The normalized spacial score (nSPS) is 29.4. The molecule has 0 unspecified atom stereocenters. The number of hydrogen-bond donors (Lipinski definition) is 0. The Kier molecular flexibility index (Phi) is 5.30. The van der Waals surface area contributed by atoms with E-state index in [0.29, 0.717) is 12.1 Å². The first kappa shape index (κ1) is 23.9. The summed E-state index contributed by atoms with van der Waals surface area (Å²) in [6, 6.07) is 15.8. The molecule has 0 saturated carbocycles. The lowest BCUT2D eigenvalue weighted by atomic mass is 9.99. The number of benzene rings is 2. The van der Waals surface area contributed by atoms with Crippen molar-refractivity contribution in [3.05, 3.63) is 48.5 Å². The average molecular weight is 519 g/mol. The molecule has 3 aliphatic rings. The van der Waals surface area contributed by atoms with Crippen LogP contribution in [0, 0.1) is 0 Å². The van der Waals surface area contributed by atoms with Gasteiger partial charge < -0.3 is 28.4 Å². The van der Waals surface area contributed by atoms with Crippen LogP contribution in [0.1, 0.15) is 27.7 Å². The van der Waals surface area contributed by atoms with Crippen molar-refractivity contribution in [3.8, 4) is 17.0 Å². The zero-order valence-electron chi connectivity index (χ0n) is 22.0. The maximum atomic E-state index is 6.46. The molecular weight excluding hydrogens is 488 g/mol. The Morgan fingerprint density at radius 3 is 2.50 bits per heavy atom. The topological polar surface area (TPSA) is 99.0 Å². The van der Waals surface area contributed by atoms with Gasteiger partial charge >= 0.3 is 0 Å². The van der Waals surface area contributed by atoms with Crippen molar-refractivity contribution in [1.29, 1.82) is 0 Å². The maximum Gasteiger partial charge on any atom is 0.190 e. The summed E-state index contributed by atoms with van der Waals surface area (Å²) in [5.74, 6) is -0.808. The molecule has 10 heteroatoms. The van der Waals surface area contributed by atoms with Gasteiger partial charge in [-0.15, -0.1) is 5.10 Å². The van der Waals surface area contributed by atoms with Gasteiger partial charge in [-0.2, -0.15) is 0 Å². The highest BCUT2D eigenvalue weighted by molar-refractivity contribution is 6.07. The standard InChI is InChI=1S/C28H30N4O6/c1-27(2)35-23-19(34-26-25(24(23)36-27)37-28(3,4)38-26)14-32-22-17-11-6-7-12-18(17)29-20(21(22)30-31-32)15-9-8-10-16(13-15)33-5/h6-13,19,23-26H,14H2,1-5H3/t19-,23+,24+,25-,26-/m1/s1. The molecule has 3 saturated heterocycles. The van der Waals surface area contributed by atoms with Crippen LogP contribution in [-0.2, 0) is 30.2 Å². The molecule has 3 fully saturated rings. The minimum absolute atomic E-state index is 0.337. The van der Waals surface area contributed by atoms with E-state index in [1.165, 1.54) is 0 Å². The summed E-state index contributed by atoms with van der Waals surface area (Å²) in [6.07, 6.45) is -2.07. The number of nitrogens with zero attached hydrogens (tertiary/aromatic N) is 4. The zero-order chi connectivity index (χ0) is 26.2. The Morgan fingerprint density at radius 2 is 1.66 bits per heavy atom. The van der Waals surface area contributed by atoms with E-state index in [2.05, 4.69) is 10.3 Å². The van der Waals surface area contributed by atoms with E-state index in [1.54, 1.807) is 7.11 Å². The highest BCUT2D eigenvalue weighted by Crippen LogP contribution is 2.44. The van der Waals surface area contributed by atoms with Gasteiger partial charge in [0.2, 0.25) is 0 Å². The molecule has 10 nitrogen and oxygen atoms in total. The van der Waals surface area contributed by atoms with Crippen LogP contribution in [0.15, 0.2) is 48.5 Å². The third-order valence-electron chi connectivity index (χ3n) is 7.30. The molecule has 0 spiro atoms. The van der Waals surface area contributed by atoms with Gasteiger partial charge in [0, 0.05) is 10.9 Å². The van der Waals surface area contributed by atoms with Crippen molar-refractivity contribution in [3.63, 3.8) is 0 Å². The van der Waals surface area contributed by atoms with Gasteiger partial charge in [-0.25, -0.2) is 9.67 Å². The summed E-state index contributed by atoms with van der Waals surface area (Å²) < 4.78 is 38.7. The Labute approximate surface area is 219 Å². The fourth-order valence-corrected chi connectivity index (χ4v) is 5.79. The van der Waals surface area contributed by atoms with Crippen molar-refractivity contribution in [2.75, 3.05) is 7.11 Å². The summed E-state index contributed by atoms with van der Waals surface area (Å²) >= 11 is 0. The molecule has 2 aromatic heterocycles. The molecule has 198 valence electrons. The molecule has 0 aliphatic carbocycles. The van der Waals surface area contributed by atoms with Crippen LogP contribution in [0.3, 0.4) is 0 Å². The van der Waals surface area contributed by atoms with Gasteiger partial charge in [-0.3, -0.25) is 0 Å². The fourth-order valence-electron chi connectivity index (χ4n) is 5.79. The molecule has 0 radical (unpaired) electrons. The summed E-state index contributed by atoms with van der Waals surface area (Å²) in [7, 11) is 1.65. The van der Waals surface area contributed by atoms with E-state index in [4.69, 9.17) is 33.4 Å². The van der Waals surface area contributed by atoms with E-state index in [-0.39, 0.29) is 18.3 Å². The highest BCUT2D eigenvalue weighted by Gasteiger charge is 2.60. The third-order valence-corrected chi connectivity index (χ3v) is 7.30. The van der Waals surface area contributed by atoms with Gasteiger partial charge in [0.25, 0.3) is 0 Å². The molecule has 38 heavy (non-hydrogen) atoms. The SMILES string of the molecule is COc1cccc(-c2nc3ccccc3c3c2nnn3C[C@H]2O[C@@H]3OC(C)(C)O[C@@H]3[C@H]3OC(C)(C)O[C@H]32)c1. The van der Waals surface area contributed by atoms with Crippen LogP contribution in [-0.4, -0.2) is 69.4 Å². The van der Waals surface area contributed by atoms with Gasteiger partial charge in [-0.1, -0.05) is 35.5 Å². The van der Waals surface area contributed by atoms with Crippen LogP contribution < -0.4 is 4.74 Å². The third kappa shape index (κ3) is 3.87. The predicted molar refractivity (Wildman–Crippen MR) is 137 cm³/mol. The quantitative estimate of drug-likeness (QED) is 0.396. The van der Waals surface area contributed by atoms with Gasteiger partial charge in [0.15, 0.2) is 17.9 Å². The summed E-state index contributed by atoms with van der Waals surface area (Å²) in [5, 5.41) is 10.1. The number of pyridine rings is 1. The fraction of sp³-hybridized carbons (Fsp3) is 0.464. The number of rotatable bonds is 4. The second-order valence-electron chi connectivity index (χ2n) is 10.9. The van der Waals surface area contributed by atoms with Crippen molar-refractivity contribution in [2.24, 2.45) is 0 Å². The van der Waals surface area contributed by atoms with Gasteiger partial charge in [-0.05, 0) is 45.9 Å². The van der Waals surface area contributed by atoms with Crippen LogP contribution in [0.25, 0.3) is 33.2 Å². The average Bonchev–Trinajstić information content (AvgIpc) is 3.55. The first-order chi connectivity index (χ1) is 18.2. The van der Waals surface area contributed by atoms with Gasteiger partial charge in [0.05, 0.1) is 19.2 Å². The predicted octanol–water partition coefficient (Wildman–Crippen LogP) is 4.05. The van der Waals surface area contributed by atoms with Crippen molar-refractivity contribution in [2.45, 2.75) is 76.5 Å². The number of aromatic nitrogens is 4. The number of fused-ring (bicyclic) bond motifs is 6. The molecule has 0 N–H and O–H groups in total. The molecule has 0 amide bonds. The highest BCUT2D eigenvalue weighted by atomic mass is 16.9. The monoisotopic (exact) mass is 518 g/mol. The van der Waals surface area contributed by atoms with E-state index in [0.717, 1.165) is 33.4 Å². The summed E-state index contributed by atoms with van der Waals surface area (Å²) in [4.78, 5) is 4.96. The van der Waals surface area contributed by atoms with E-state index < -0.39 is 24.0 Å². The van der Waals surface area contributed by atoms with E-state index in [9.17, 15) is 0 Å². The second kappa shape index (κ2) is 8.42. The molecule has 0 bridgehead atoms. The lowest BCUT2D eigenvalue weighted by Gasteiger charge is -2.37. The Hall–Kier alpha value is -3.15. The number of para-hydroxylation sites is 1. The molecule has 2 aromatic carbocycles. The van der Waals surface area contributed by atoms with Crippen LogP contribution >= 0.6 is 0 Å². The smallest absolute Gasteiger partial charge is 0.190 e. The molecule has 3 aliphatic heterocycles. The largest absolute Gasteiger partial charge is 0.497 e. The Bertz CT molecular complexity index is 1530. The molecule has 5 heterocycles. The maximum absolute atomic E-state index is 6.46. The van der Waals surface area contributed by atoms with Crippen LogP contribution in [0.4, 0.5) is 0 Å². The van der Waals surface area contributed by atoms with Crippen LogP contribution in [0.5, 0.6) is 5.75 Å². The van der Waals surface area contributed by atoms with Crippen molar-refractivity contribution >= 4 is 21.9 Å². The number of ether oxygens (including phenoxy) is 6. The van der Waals surface area contributed by atoms with E-state index in [1.807, 2.05) is 80.9 Å². The lowest BCUT2D eigenvalue weighted by molar-refractivity contribution is -0.236.